The highest BCUT2D eigenvalue weighted by Crippen LogP contribution is 2.44. The van der Waals surface area contributed by atoms with E-state index in [9.17, 15) is 15.0 Å². The summed E-state index contributed by atoms with van der Waals surface area (Å²) in [7, 11) is 0. The number of hydrogen-bond acceptors (Lipinski definition) is 5. The zero-order valence-electron chi connectivity index (χ0n) is 18.3. The van der Waals surface area contributed by atoms with Crippen LogP contribution in [0.3, 0.4) is 0 Å². The minimum atomic E-state index is -1.000. The summed E-state index contributed by atoms with van der Waals surface area (Å²) in [5.74, 6) is 0.00450. The summed E-state index contributed by atoms with van der Waals surface area (Å²) in [5.41, 5.74) is 7.60. The van der Waals surface area contributed by atoms with Gasteiger partial charge in [0.25, 0.3) is 0 Å². The number of aliphatic hydroxyl groups excluding tert-OH is 2. The molecule has 0 bridgehead atoms. The van der Waals surface area contributed by atoms with Gasteiger partial charge in [-0.1, -0.05) is 60.7 Å². The summed E-state index contributed by atoms with van der Waals surface area (Å²) in [6.07, 6.45) is -1.37. The molecule has 4 N–H and O–H groups in total. The third-order valence-electron chi connectivity index (χ3n) is 6.60. The fraction of sp³-hybridized carbons (Fsp3) is 0.296. The van der Waals surface area contributed by atoms with Gasteiger partial charge < -0.3 is 25.6 Å². The summed E-state index contributed by atoms with van der Waals surface area (Å²) in [6, 6.07) is 22.1. The molecule has 1 aliphatic carbocycles. The molecule has 170 valence electrons. The fourth-order valence-electron chi connectivity index (χ4n) is 4.86. The van der Waals surface area contributed by atoms with Crippen molar-refractivity contribution in [3.63, 3.8) is 0 Å². The van der Waals surface area contributed by atoms with E-state index in [4.69, 9.17) is 4.74 Å². The molecule has 1 amide bonds. The van der Waals surface area contributed by atoms with E-state index in [0.717, 1.165) is 35.3 Å². The summed E-state index contributed by atoms with van der Waals surface area (Å²) in [4.78, 5) is 12.3. The highest BCUT2D eigenvalue weighted by Gasteiger charge is 2.29. The van der Waals surface area contributed by atoms with Crippen molar-refractivity contribution in [2.75, 3.05) is 25.0 Å². The molecule has 2 atom stereocenters. The van der Waals surface area contributed by atoms with Crippen molar-refractivity contribution in [1.29, 1.82) is 0 Å². The molecular weight excluding hydrogens is 416 g/mol. The standard InChI is InChI=1S/C27H28N2O4/c30-25(26(31)18-9-10-24-17(15-18)11-13-28-24)12-14-29-27(32)33-16-23-21-7-3-1-5-19(21)20-6-2-4-8-22(20)23/h1-10,15,23,25-26,28,30-31H,11-14,16H2,(H,29,32). The zero-order chi connectivity index (χ0) is 22.8. The van der Waals surface area contributed by atoms with Gasteiger partial charge in [0.15, 0.2) is 0 Å². The van der Waals surface area contributed by atoms with E-state index in [1.807, 2.05) is 42.5 Å². The molecule has 1 aliphatic heterocycles. The maximum Gasteiger partial charge on any atom is 0.407 e. The van der Waals surface area contributed by atoms with Crippen LogP contribution < -0.4 is 10.6 Å². The molecule has 0 saturated heterocycles. The molecule has 0 saturated carbocycles. The molecule has 5 rings (SSSR count). The van der Waals surface area contributed by atoms with E-state index in [1.165, 1.54) is 11.1 Å². The van der Waals surface area contributed by atoms with E-state index in [0.29, 0.717) is 5.56 Å². The first-order valence-corrected chi connectivity index (χ1v) is 11.4. The summed E-state index contributed by atoms with van der Waals surface area (Å²) in [5, 5.41) is 26.9. The van der Waals surface area contributed by atoms with Gasteiger partial charge in [-0.2, -0.15) is 0 Å². The molecule has 1 heterocycles. The monoisotopic (exact) mass is 444 g/mol. The van der Waals surface area contributed by atoms with Crippen molar-refractivity contribution in [2.45, 2.75) is 31.0 Å². The van der Waals surface area contributed by atoms with Gasteiger partial charge in [-0.05, 0) is 52.3 Å². The van der Waals surface area contributed by atoms with Crippen molar-refractivity contribution >= 4 is 11.8 Å². The lowest BCUT2D eigenvalue weighted by Crippen LogP contribution is -2.30. The van der Waals surface area contributed by atoms with Crippen LogP contribution in [-0.2, 0) is 11.2 Å². The first-order valence-electron chi connectivity index (χ1n) is 11.4. The van der Waals surface area contributed by atoms with Gasteiger partial charge >= 0.3 is 6.09 Å². The molecule has 3 aromatic rings. The van der Waals surface area contributed by atoms with Gasteiger partial charge in [0, 0.05) is 24.7 Å². The molecular formula is C27H28N2O4. The topological polar surface area (TPSA) is 90.8 Å². The van der Waals surface area contributed by atoms with Gasteiger partial charge in [0.1, 0.15) is 12.7 Å². The summed E-state index contributed by atoms with van der Waals surface area (Å²) in [6.45, 7) is 1.34. The molecule has 0 spiro atoms. The van der Waals surface area contributed by atoms with Crippen molar-refractivity contribution < 1.29 is 19.7 Å². The number of carbonyl (C=O) groups excluding carboxylic acids is 1. The molecule has 0 fully saturated rings. The largest absolute Gasteiger partial charge is 0.449 e. The normalized spacial score (nSPS) is 15.7. The van der Waals surface area contributed by atoms with E-state index in [-0.39, 0.29) is 25.5 Å². The van der Waals surface area contributed by atoms with Gasteiger partial charge in [-0.3, -0.25) is 0 Å². The van der Waals surface area contributed by atoms with Crippen molar-refractivity contribution in [1.82, 2.24) is 5.32 Å². The van der Waals surface area contributed by atoms with Gasteiger partial charge in [0.2, 0.25) is 0 Å². The number of rotatable bonds is 7. The average molecular weight is 445 g/mol. The van der Waals surface area contributed by atoms with Crippen LogP contribution in [0.15, 0.2) is 66.7 Å². The summed E-state index contributed by atoms with van der Waals surface area (Å²) < 4.78 is 5.52. The van der Waals surface area contributed by atoms with Crippen LogP contribution in [0.5, 0.6) is 0 Å². The number of alkyl carbamates (subject to hydrolysis) is 1. The van der Waals surface area contributed by atoms with Crippen molar-refractivity contribution in [3.8, 4) is 11.1 Å². The SMILES string of the molecule is O=C(NCCC(O)C(O)c1ccc2c(c1)CCN2)OCC1c2ccccc2-c2ccccc21. The number of anilines is 1. The third-order valence-corrected chi connectivity index (χ3v) is 6.60. The number of nitrogens with one attached hydrogen (secondary N) is 2. The van der Waals surface area contributed by atoms with Gasteiger partial charge in [-0.15, -0.1) is 0 Å². The molecule has 2 aliphatic rings. The first kappa shape index (κ1) is 21.5. The molecule has 6 heteroatoms. The number of aliphatic hydroxyl groups is 2. The van der Waals surface area contributed by atoms with Crippen LogP contribution in [0.2, 0.25) is 0 Å². The average Bonchev–Trinajstić information content (AvgIpc) is 3.44. The van der Waals surface area contributed by atoms with Crippen LogP contribution >= 0.6 is 0 Å². The lowest BCUT2D eigenvalue weighted by atomic mass is 9.98. The highest BCUT2D eigenvalue weighted by molar-refractivity contribution is 5.79. The Bertz CT molecular complexity index is 1120. The molecule has 33 heavy (non-hydrogen) atoms. The van der Waals surface area contributed by atoms with Crippen LogP contribution in [0.25, 0.3) is 11.1 Å². The van der Waals surface area contributed by atoms with Crippen molar-refractivity contribution in [2.24, 2.45) is 0 Å². The van der Waals surface area contributed by atoms with E-state index >= 15 is 0 Å². The summed E-state index contributed by atoms with van der Waals surface area (Å²) >= 11 is 0. The number of fused-ring (bicyclic) bond motifs is 4. The molecule has 0 aromatic heterocycles. The van der Waals surface area contributed by atoms with Crippen molar-refractivity contribution in [3.05, 3.63) is 89.0 Å². The van der Waals surface area contributed by atoms with Crippen LogP contribution in [0.1, 0.15) is 40.7 Å². The van der Waals surface area contributed by atoms with E-state index in [1.54, 1.807) is 0 Å². The maximum absolute atomic E-state index is 12.3. The quantitative estimate of drug-likeness (QED) is 0.443. The second kappa shape index (κ2) is 9.25. The van der Waals surface area contributed by atoms with Gasteiger partial charge in [-0.25, -0.2) is 4.79 Å². The fourth-order valence-corrected chi connectivity index (χ4v) is 4.86. The smallest absolute Gasteiger partial charge is 0.407 e. The van der Waals surface area contributed by atoms with Crippen LogP contribution in [0, 0.1) is 0 Å². The first-order chi connectivity index (χ1) is 16.1. The number of hydrogen-bond donors (Lipinski definition) is 4. The Kier molecular flexibility index (Phi) is 6.03. The second-order valence-corrected chi connectivity index (χ2v) is 8.65. The van der Waals surface area contributed by atoms with Crippen LogP contribution in [0.4, 0.5) is 10.5 Å². The lowest BCUT2D eigenvalue weighted by molar-refractivity contribution is 0.0136. The highest BCUT2D eigenvalue weighted by atomic mass is 16.5. The number of ether oxygens (including phenoxy) is 1. The Morgan fingerprint density at radius 3 is 2.45 bits per heavy atom. The van der Waals surface area contributed by atoms with Gasteiger partial charge in [0.05, 0.1) is 6.10 Å². The predicted molar refractivity (Wildman–Crippen MR) is 127 cm³/mol. The zero-order valence-corrected chi connectivity index (χ0v) is 18.3. The molecule has 2 unspecified atom stereocenters. The molecule has 0 radical (unpaired) electrons. The Morgan fingerprint density at radius 1 is 1.03 bits per heavy atom. The third kappa shape index (κ3) is 4.32. The number of benzene rings is 3. The Morgan fingerprint density at radius 2 is 1.73 bits per heavy atom. The Labute approximate surface area is 193 Å². The molecule has 6 nitrogen and oxygen atoms in total. The maximum atomic E-state index is 12.3. The van der Waals surface area contributed by atoms with E-state index < -0.39 is 18.3 Å². The second-order valence-electron chi connectivity index (χ2n) is 8.65. The minimum absolute atomic E-state index is 0.00450. The molecule has 3 aromatic carbocycles. The predicted octanol–water partition coefficient (Wildman–Crippen LogP) is 3.98. The van der Waals surface area contributed by atoms with Crippen LogP contribution in [-0.4, -0.2) is 42.1 Å². The van der Waals surface area contributed by atoms with E-state index in [2.05, 4.69) is 34.9 Å². The number of amides is 1. The lowest BCUT2D eigenvalue weighted by Gasteiger charge is -2.19. The number of carbonyl (C=O) groups is 1. The Balaban J connectivity index is 1.12. The minimum Gasteiger partial charge on any atom is -0.449 e. The Hall–Kier alpha value is -3.35.